The van der Waals surface area contributed by atoms with Gasteiger partial charge in [-0.05, 0) is 37.6 Å². The molecule has 0 radical (unpaired) electrons. The van der Waals surface area contributed by atoms with E-state index < -0.39 is 9.84 Å². The number of thioether (sulfide) groups is 1. The van der Waals surface area contributed by atoms with Crippen molar-refractivity contribution in [2.75, 3.05) is 11.5 Å². The summed E-state index contributed by atoms with van der Waals surface area (Å²) in [5.41, 5.74) is 2.87. The zero-order valence-corrected chi connectivity index (χ0v) is 16.1. The molecule has 25 heavy (non-hydrogen) atoms. The maximum Gasteiger partial charge on any atom is 0.210 e. The van der Waals surface area contributed by atoms with Gasteiger partial charge in [-0.1, -0.05) is 12.1 Å². The number of sulfone groups is 1. The van der Waals surface area contributed by atoms with Crippen molar-refractivity contribution in [1.29, 1.82) is 5.26 Å². The van der Waals surface area contributed by atoms with Gasteiger partial charge in [-0.15, -0.1) is 23.1 Å². The summed E-state index contributed by atoms with van der Waals surface area (Å²) in [5, 5.41) is 9.86. The number of aryl methyl sites for hydroxylation is 2. The Balaban J connectivity index is 1.76. The molecule has 0 atom stereocenters. The Morgan fingerprint density at radius 3 is 2.72 bits per heavy atom. The molecular formula is C17H15N3O2S3. The van der Waals surface area contributed by atoms with Crippen LogP contribution in [0.1, 0.15) is 16.8 Å². The molecule has 0 saturated heterocycles. The van der Waals surface area contributed by atoms with Crippen molar-refractivity contribution in [3.05, 3.63) is 47.2 Å². The Morgan fingerprint density at radius 1 is 1.24 bits per heavy atom. The molecule has 0 spiro atoms. The van der Waals surface area contributed by atoms with Crippen LogP contribution in [0.3, 0.4) is 0 Å². The van der Waals surface area contributed by atoms with Gasteiger partial charge in [-0.25, -0.2) is 18.4 Å². The van der Waals surface area contributed by atoms with Crippen molar-refractivity contribution in [1.82, 2.24) is 9.97 Å². The molecule has 8 heteroatoms. The van der Waals surface area contributed by atoms with E-state index in [9.17, 15) is 13.7 Å². The molecule has 0 aliphatic rings. The lowest BCUT2D eigenvalue weighted by molar-refractivity contribution is 0.597. The first-order valence-corrected chi connectivity index (χ1v) is 11.0. The highest BCUT2D eigenvalue weighted by atomic mass is 32.2. The molecule has 128 valence electrons. The number of nitriles is 1. The molecule has 5 nitrogen and oxygen atoms in total. The molecule has 0 aliphatic heterocycles. The number of para-hydroxylation sites is 1. The van der Waals surface area contributed by atoms with Crippen LogP contribution in [0, 0.1) is 25.2 Å². The molecule has 1 aromatic carbocycles. The van der Waals surface area contributed by atoms with Crippen LogP contribution in [-0.4, -0.2) is 29.9 Å². The number of aromatic nitrogens is 2. The van der Waals surface area contributed by atoms with Crippen molar-refractivity contribution in [2.45, 2.75) is 23.2 Å². The minimum Gasteiger partial charge on any atom is -0.245 e. The second-order valence-corrected chi connectivity index (χ2v) is 9.88. The quantitative estimate of drug-likeness (QED) is 0.618. The number of benzene rings is 1. The normalized spacial score (nSPS) is 11.6. The van der Waals surface area contributed by atoms with Gasteiger partial charge in [0.15, 0.2) is 0 Å². The predicted molar refractivity (Wildman–Crippen MR) is 101 cm³/mol. The first kappa shape index (κ1) is 17.9. The van der Waals surface area contributed by atoms with Crippen LogP contribution in [-0.2, 0) is 9.84 Å². The zero-order valence-electron chi connectivity index (χ0n) is 13.7. The maximum absolute atomic E-state index is 12.5. The average molecular weight is 390 g/mol. The highest BCUT2D eigenvalue weighted by Crippen LogP contribution is 2.28. The topological polar surface area (TPSA) is 83.7 Å². The van der Waals surface area contributed by atoms with Gasteiger partial charge in [-0.3, -0.25) is 0 Å². The minimum absolute atomic E-state index is 0.0446. The van der Waals surface area contributed by atoms with Gasteiger partial charge in [0.2, 0.25) is 14.2 Å². The van der Waals surface area contributed by atoms with E-state index in [-0.39, 0.29) is 10.1 Å². The molecule has 0 aliphatic carbocycles. The summed E-state index contributed by atoms with van der Waals surface area (Å²) in [6.07, 6.45) is 0. The van der Waals surface area contributed by atoms with Gasteiger partial charge >= 0.3 is 0 Å². The van der Waals surface area contributed by atoms with E-state index in [1.807, 2.05) is 38.1 Å². The van der Waals surface area contributed by atoms with Crippen molar-refractivity contribution in [3.63, 3.8) is 0 Å². The van der Waals surface area contributed by atoms with Crippen molar-refractivity contribution < 1.29 is 8.42 Å². The molecule has 0 fully saturated rings. The van der Waals surface area contributed by atoms with Crippen molar-refractivity contribution in [3.8, 4) is 6.07 Å². The molecule has 2 heterocycles. The van der Waals surface area contributed by atoms with Crippen molar-refractivity contribution >= 4 is 43.2 Å². The first-order chi connectivity index (χ1) is 11.9. The summed E-state index contributed by atoms with van der Waals surface area (Å²) in [4.78, 5) is 8.59. The van der Waals surface area contributed by atoms with E-state index >= 15 is 0 Å². The highest BCUT2D eigenvalue weighted by molar-refractivity contribution is 8.01. The van der Waals surface area contributed by atoms with Crippen LogP contribution in [0.25, 0.3) is 10.2 Å². The van der Waals surface area contributed by atoms with E-state index in [0.717, 1.165) is 16.0 Å². The number of fused-ring (bicyclic) bond motifs is 1. The van der Waals surface area contributed by atoms with Crippen LogP contribution in [0.4, 0.5) is 0 Å². The van der Waals surface area contributed by atoms with Crippen LogP contribution in [0.5, 0.6) is 0 Å². The smallest absolute Gasteiger partial charge is 0.210 e. The molecule has 2 aromatic heterocycles. The van der Waals surface area contributed by atoms with Gasteiger partial charge in [0.25, 0.3) is 0 Å². The highest BCUT2D eigenvalue weighted by Gasteiger charge is 2.20. The Morgan fingerprint density at radius 2 is 2.00 bits per heavy atom. The fraction of sp³-hybridized carbons (Fsp3) is 0.235. The van der Waals surface area contributed by atoms with Gasteiger partial charge in [-0.2, -0.15) is 5.26 Å². The fourth-order valence-electron chi connectivity index (χ4n) is 2.36. The molecule has 0 saturated carbocycles. The van der Waals surface area contributed by atoms with Crippen LogP contribution in [0.2, 0.25) is 0 Å². The van der Waals surface area contributed by atoms with Gasteiger partial charge < -0.3 is 0 Å². The third-order valence-corrected chi connectivity index (χ3v) is 8.00. The number of hydrogen-bond donors (Lipinski definition) is 0. The molecular weight excluding hydrogens is 374 g/mol. The summed E-state index contributed by atoms with van der Waals surface area (Å²) in [6.45, 7) is 3.71. The second kappa shape index (κ2) is 7.12. The zero-order chi connectivity index (χ0) is 18.0. The SMILES string of the molecule is Cc1cc(C)c(C#N)c(SCCS(=O)(=O)c2nc3ccccc3s2)n1. The standard InChI is InChI=1S/C17H15N3O2S3/c1-11-9-12(2)19-16(13(11)10-18)23-7-8-25(21,22)17-20-14-5-3-4-6-15(14)24-17/h3-6,9H,7-8H2,1-2H3. The fourth-order valence-corrected chi connectivity index (χ4v) is 6.46. The number of nitrogens with zero attached hydrogens (tertiary/aromatic N) is 3. The lowest BCUT2D eigenvalue weighted by Crippen LogP contribution is -2.09. The second-order valence-electron chi connectivity index (χ2n) is 5.49. The Hall–Kier alpha value is -1.95. The number of thiazole rings is 1. The van der Waals surface area contributed by atoms with Gasteiger partial charge in [0.1, 0.15) is 11.1 Å². The minimum atomic E-state index is -3.46. The van der Waals surface area contributed by atoms with E-state index in [1.54, 1.807) is 6.07 Å². The van der Waals surface area contributed by atoms with E-state index in [4.69, 9.17) is 0 Å². The maximum atomic E-state index is 12.5. The molecule has 3 aromatic rings. The number of rotatable bonds is 5. The monoisotopic (exact) mass is 389 g/mol. The number of pyridine rings is 1. The molecule has 0 unspecified atom stereocenters. The lowest BCUT2D eigenvalue weighted by Gasteiger charge is -2.07. The van der Waals surface area contributed by atoms with Crippen molar-refractivity contribution in [2.24, 2.45) is 0 Å². The van der Waals surface area contributed by atoms with Crippen LogP contribution >= 0.6 is 23.1 Å². The molecule has 0 N–H and O–H groups in total. The Bertz CT molecular complexity index is 1050. The van der Waals surface area contributed by atoms with Gasteiger partial charge in [0.05, 0.1) is 21.5 Å². The average Bonchev–Trinajstić information content (AvgIpc) is 2.99. The Labute approximate surface area is 154 Å². The predicted octanol–water partition coefficient (Wildman–Crippen LogP) is 3.75. The number of hydrogen-bond acceptors (Lipinski definition) is 7. The summed E-state index contributed by atoms with van der Waals surface area (Å²) in [6, 6.07) is 11.4. The lowest BCUT2D eigenvalue weighted by atomic mass is 10.1. The van der Waals surface area contributed by atoms with Gasteiger partial charge in [0, 0.05) is 11.4 Å². The molecule has 0 amide bonds. The van der Waals surface area contributed by atoms with E-state index in [1.165, 1.54) is 23.1 Å². The first-order valence-electron chi connectivity index (χ1n) is 7.50. The largest absolute Gasteiger partial charge is 0.245 e. The van der Waals surface area contributed by atoms with E-state index in [2.05, 4.69) is 16.0 Å². The summed E-state index contributed by atoms with van der Waals surface area (Å²) < 4.78 is 26.1. The third kappa shape index (κ3) is 3.84. The summed E-state index contributed by atoms with van der Waals surface area (Å²) in [5.74, 6) is 0.278. The van der Waals surface area contributed by atoms with E-state index in [0.29, 0.717) is 21.9 Å². The third-order valence-electron chi connectivity index (χ3n) is 3.55. The summed E-state index contributed by atoms with van der Waals surface area (Å²) in [7, 11) is -3.46. The van der Waals surface area contributed by atoms with Crippen LogP contribution < -0.4 is 0 Å². The van der Waals surface area contributed by atoms with Crippen LogP contribution in [0.15, 0.2) is 39.7 Å². The molecule has 3 rings (SSSR count). The summed E-state index contributed by atoms with van der Waals surface area (Å²) >= 11 is 2.48. The molecule has 0 bridgehead atoms. The Kier molecular flexibility index (Phi) is 5.08.